The third kappa shape index (κ3) is 3.58. The lowest BCUT2D eigenvalue weighted by molar-refractivity contribution is 0.0379. The first-order chi connectivity index (χ1) is 15.7. The van der Waals surface area contributed by atoms with Crippen molar-refractivity contribution in [3.05, 3.63) is 102 Å². The first kappa shape index (κ1) is 19.5. The smallest absolute Gasteiger partial charge is 0.344 e. The number of ether oxygens (including phenoxy) is 1. The van der Waals surface area contributed by atoms with Crippen molar-refractivity contribution in [2.45, 2.75) is 6.10 Å². The van der Waals surface area contributed by atoms with Crippen molar-refractivity contribution in [2.75, 3.05) is 12.4 Å². The van der Waals surface area contributed by atoms with E-state index < -0.39 is 12.1 Å². The number of rotatable bonds is 6. The molecule has 8 nitrogen and oxygen atoms in total. The van der Waals surface area contributed by atoms with Crippen molar-refractivity contribution in [2.24, 2.45) is 0 Å². The number of nitrogens with one attached hydrogen (secondary N) is 1. The third-order valence-corrected chi connectivity index (χ3v) is 4.98. The summed E-state index contributed by atoms with van der Waals surface area (Å²) in [6.45, 7) is 0. The van der Waals surface area contributed by atoms with Gasteiger partial charge in [0.2, 0.25) is 11.8 Å². The quantitative estimate of drug-likeness (QED) is 0.404. The topological polar surface area (TPSA) is 94.5 Å². The van der Waals surface area contributed by atoms with E-state index in [1.165, 1.54) is 17.0 Å². The third-order valence-electron chi connectivity index (χ3n) is 4.98. The highest BCUT2D eigenvalue weighted by atomic mass is 16.5. The molecule has 0 aliphatic carbocycles. The van der Waals surface area contributed by atoms with Crippen LogP contribution in [0.3, 0.4) is 0 Å². The molecule has 0 spiro atoms. The minimum absolute atomic E-state index is 0.200. The zero-order valence-corrected chi connectivity index (χ0v) is 17.2. The van der Waals surface area contributed by atoms with Crippen molar-refractivity contribution in [3.8, 4) is 11.6 Å². The Hall–Kier alpha value is -4.46. The Bertz CT molecular complexity index is 1310. The van der Waals surface area contributed by atoms with E-state index in [4.69, 9.17) is 9.15 Å². The number of hydrogen-bond acceptors (Lipinski definition) is 7. The average Bonchev–Trinajstić information content (AvgIpc) is 3.53. The lowest BCUT2D eigenvalue weighted by Gasteiger charge is -2.19. The molecule has 2 aromatic carbocycles. The predicted octanol–water partition coefficient (Wildman–Crippen LogP) is 4.37. The van der Waals surface area contributed by atoms with E-state index in [1.54, 1.807) is 19.2 Å². The Morgan fingerprint density at radius 3 is 2.28 bits per heavy atom. The van der Waals surface area contributed by atoms with Gasteiger partial charge in [0.05, 0.1) is 6.26 Å². The molecule has 0 saturated carbocycles. The highest BCUT2D eigenvalue weighted by Crippen LogP contribution is 2.28. The van der Waals surface area contributed by atoms with Crippen LogP contribution in [0.2, 0.25) is 0 Å². The molecule has 1 N–H and O–H groups in total. The first-order valence-corrected chi connectivity index (χ1v) is 10.0. The van der Waals surface area contributed by atoms with Gasteiger partial charge in [0.1, 0.15) is 5.56 Å². The SMILES string of the molecule is CNc1ncc(C(=O)OC(c2ccccc2)c2ccccc2)c2nc(-c3ccco3)nn12. The van der Waals surface area contributed by atoms with Gasteiger partial charge in [-0.3, -0.25) is 0 Å². The monoisotopic (exact) mass is 425 g/mol. The number of hydrogen-bond donors (Lipinski definition) is 1. The predicted molar refractivity (Wildman–Crippen MR) is 118 cm³/mol. The highest BCUT2D eigenvalue weighted by Gasteiger charge is 2.24. The number of carbonyl (C=O) groups is 1. The summed E-state index contributed by atoms with van der Waals surface area (Å²) in [5.41, 5.74) is 2.24. The number of nitrogens with zero attached hydrogens (tertiary/aromatic N) is 4. The minimum Gasteiger partial charge on any atom is -0.461 e. The van der Waals surface area contributed by atoms with Crippen LogP contribution in [0.25, 0.3) is 17.2 Å². The molecule has 0 amide bonds. The van der Waals surface area contributed by atoms with Gasteiger partial charge in [0.25, 0.3) is 0 Å². The molecule has 0 fully saturated rings. The van der Waals surface area contributed by atoms with Gasteiger partial charge >= 0.3 is 5.97 Å². The van der Waals surface area contributed by atoms with Crippen molar-refractivity contribution in [1.29, 1.82) is 0 Å². The van der Waals surface area contributed by atoms with Gasteiger partial charge in [0, 0.05) is 13.2 Å². The summed E-state index contributed by atoms with van der Waals surface area (Å²) >= 11 is 0. The Labute approximate surface area is 183 Å². The summed E-state index contributed by atoms with van der Waals surface area (Å²) in [5, 5.41) is 7.40. The summed E-state index contributed by atoms with van der Waals surface area (Å²) in [4.78, 5) is 22.2. The summed E-state index contributed by atoms with van der Waals surface area (Å²) in [5.74, 6) is 0.712. The summed E-state index contributed by atoms with van der Waals surface area (Å²) in [7, 11) is 1.72. The standard InChI is InChI=1S/C24H19N5O3/c1-25-24-26-15-18(22-27-21(28-29(22)24)19-13-8-14-31-19)23(30)32-20(16-9-4-2-5-10-16)17-11-6-3-7-12-17/h2-15,20H,1H3,(H,25,26). The van der Waals surface area contributed by atoms with E-state index in [-0.39, 0.29) is 5.56 Å². The molecule has 3 heterocycles. The Morgan fingerprint density at radius 1 is 1.00 bits per heavy atom. The number of furan rings is 1. The summed E-state index contributed by atoms with van der Waals surface area (Å²) in [6.07, 6.45) is 2.40. The number of fused-ring (bicyclic) bond motifs is 1. The maximum absolute atomic E-state index is 13.3. The number of aromatic nitrogens is 4. The second kappa shape index (κ2) is 8.35. The molecule has 32 heavy (non-hydrogen) atoms. The molecule has 0 atom stereocenters. The van der Waals surface area contributed by atoms with Crippen LogP contribution in [0.15, 0.2) is 89.7 Å². The lowest BCUT2D eigenvalue weighted by Crippen LogP contribution is -2.15. The van der Waals surface area contributed by atoms with Crippen LogP contribution in [0.5, 0.6) is 0 Å². The minimum atomic E-state index is -0.582. The molecule has 0 unspecified atom stereocenters. The van der Waals surface area contributed by atoms with E-state index in [0.717, 1.165) is 11.1 Å². The number of esters is 1. The molecule has 5 aromatic rings. The van der Waals surface area contributed by atoms with Crippen LogP contribution < -0.4 is 5.32 Å². The number of anilines is 1. The Morgan fingerprint density at radius 2 is 1.69 bits per heavy atom. The van der Waals surface area contributed by atoms with E-state index >= 15 is 0 Å². The van der Waals surface area contributed by atoms with Gasteiger partial charge < -0.3 is 14.5 Å². The summed E-state index contributed by atoms with van der Waals surface area (Å²) < 4.78 is 12.9. The zero-order valence-electron chi connectivity index (χ0n) is 17.2. The largest absolute Gasteiger partial charge is 0.461 e. The second-order valence-electron chi connectivity index (χ2n) is 7.00. The highest BCUT2D eigenvalue weighted by molar-refractivity contribution is 5.96. The van der Waals surface area contributed by atoms with Gasteiger partial charge in [-0.2, -0.15) is 4.52 Å². The van der Waals surface area contributed by atoms with Gasteiger partial charge in [-0.05, 0) is 23.3 Å². The molecule has 158 valence electrons. The maximum Gasteiger partial charge on any atom is 0.344 e. The van der Waals surface area contributed by atoms with Crippen molar-refractivity contribution in [1.82, 2.24) is 19.6 Å². The molecule has 0 aliphatic heterocycles. The molecular weight excluding hydrogens is 406 g/mol. The number of benzene rings is 2. The molecule has 0 radical (unpaired) electrons. The Balaban J connectivity index is 1.56. The zero-order chi connectivity index (χ0) is 21.9. The molecule has 5 rings (SSSR count). The first-order valence-electron chi connectivity index (χ1n) is 10.0. The van der Waals surface area contributed by atoms with E-state index in [0.29, 0.717) is 23.2 Å². The molecule has 0 saturated heterocycles. The van der Waals surface area contributed by atoms with Crippen LogP contribution in [-0.2, 0) is 4.74 Å². The van der Waals surface area contributed by atoms with E-state index in [9.17, 15) is 4.79 Å². The van der Waals surface area contributed by atoms with Crippen LogP contribution in [-0.4, -0.2) is 32.6 Å². The molecular formula is C24H19N5O3. The van der Waals surface area contributed by atoms with Crippen molar-refractivity contribution in [3.63, 3.8) is 0 Å². The van der Waals surface area contributed by atoms with Gasteiger partial charge in [-0.25, -0.2) is 14.8 Å². The van der Waals surface area contributed by atoms with E-state index in [2.05, 4.69) is 20.4 Å². The second-order valence-corrected chi connectivity index (χ2v) is 7.00. The normalized spacial score (nSPS) is 11.1. The molecule has 3 aromatic heterocycles. The molecule has 0 bridgehead atoms. The van der Waals surface area contributed by atoms with Crippen LogP contribution in [0, 0.1) is 0 Å². The van der Waals surface area contributed by atoms with E-state index in [1.807, 2.05) is 60.7 Å². The van der Waals surface area contributed by atoms with Crippen LogP contribution in [0.1, 0.15) is 27.6 Å². The fourth-order valence-corrected chi connectivity index (χ4v) is 3.45. The Kier molecular flexibility index (Phi) is 5.09. The average molecular weight is 425 g/mol. The maximum atomic E-state index is 13.3. The van der Waals surface area contributed by atoms with Crippen molar-refractivity contribution >= 4 is 17.6 Å². The van der Waals surface area contributed by atoms with Gasteiger partial charge in [0.15, 0.2) is 17.5 Å². The lowest BCUT2D eigenvalue weighted by atomic mass is 10.0. The van der Waals surface area contributed by atoms with Gasteiger partial charge in [-0.1, -0.05) is 60.7 Å². The molecule has 8 heteroatoms. The number of carbonyl (C=O) groups excluding carboxylic acids is 1. The van der Waals surface area contributed by atoms with Crippen LogP contribution in [0.4, 0.5) is 5.95 Å². The molecule has 0 aliphatic rings. The fourth-order valence-electron chi connectivity index (χ4n) is 3.45. The van der Waals surface area contributed by atoms with Crippen LogP contribution >= 0.6 is 0 Å². The van der Waals surface area contributed by atoms with Gasteiger partial charge in [-0.15, -0.1) is 5.10 Å². The van der Waals surface area contributed by atoms with Crippen molar-refractivity contribution < 1.29 is 13.9 Å². The fraction of sp³-hybridized carbons (Fsp3) is 0.0833. The summed E-state index contributed by atoms with van der Waals surface area (Å²) in [6, 6.07) is 22.7.